The Morgan fingerprint density at radius 2 is 1.86 bits per heavy atom. The van der Waals surface area contributed by atoms with Crippen molar-refractivity contribution in [3.8, 4) is 5.75 Å². The number of rotatable bonds is 5. The zero-order valence-electron chi connectivity index (χ0n) is 12.3. The Morgan fingerprint density at radius 1 is 1.23 bits per heavy atom. The van der Waals surface area contributed by atoms with Gasteiger partial charge in [-0.15, -0.1) is 0 Å². The van der Waals surface area contributed by atoms with Crippen LogP contribution in [0, 0.1) is 11.8 Å². The fraction of sp³-hybridized carbons (Fsp3) is 0.500. The first kappa shape index (κ1) is 14.8. The number of benzene rings is 1. The number of anilines is 1. The van der Waals surface area contributed by atoms with E-state index in [-0.39, 0.29) is 18.1 Å². The van der Waals surface area contributed by atoms with Crippen molar-refractivity contribution in [3.63, 3.8) is 0 Å². The van der Waals surface area contributed by atoms with Gasteiger partial charge in [-0.3, -0.25) is 9.59 Å². The molecule has 2 saturated heterocycles. The largest absolute Gasteiger partial charge is 0.494 e. The average Bonchev–Trinajstić information content (AvgIpc) is 3.10. The Hall–Kier alpha value is -2.08. The Labute approximate surface area is 128 Å². The van der Waals surface area contributed by atoms with Gasteiger partial charge in [0.2, 0.25) is 5.91 Å². The average molecular weight is 305 g/mol. The second-order valence-corrected chi connectivity index (χ2v) is 5.63. The zero-order valence-corrected chi connectivity index (χ0v) is 12.3. The van der Waals surface area contributed by atoms with Crippen molar-refractivity contribution in [1.29, 1.82) is 0 Å². The van der Waals surface area contributed by atoms with E-state index in [0.717, 1.165) is 12.2 Å². The van der Waals surface area contributed by atoms with Crippen LogP contribution in [0.5, 0.6) is 5.75 Å². The van der Waals surface area contributed by atoms with Crippen molar-refractivity contribution in [2.24, 2.45) is 11.8 Å². The Morgan fingerprint density at radius 3 is 2.45 bits per heavy atom. The van der Waals surface area contributed by atoms with E-state index in [9.17, 15) is 14.7 Å². The van der Waals surface area contributed by atoms with Crippen LogP contribution >= 0.6 is 0 Å². The maximum absolute atomic E-state index is 12.4. The number of aliphatic carboxylic acids is 1. The van der Waals surface area contributed by atoms with Crippen molar-refractivity contribution in [1.82, 2.24) is 0 Å². The van der Waals surface area contributed by atoms with Crippen molar-refractivity contribution >= 4 is 17.6 Å². The maximum Gasteiger partial charge on any atom is 0.310 e. The molecule has 6 heteroatoms. The number of carbonyl (C=O) groups excluding carboxylic acids is 1. The molecule has 1 aromatic carbocycles. The van der Waals surface area contributed by atoms with Crippen LogP contribution in [0.15, 0.2) is 24.3 Å². The number of ether oxygens (including phenoxy) is 2. The lowest BCUT2D eigenvalue weighted by Crippen LogP contribution is -2.40. The highest BCUT2D eigenvalue weighted by Crippen LogP contribution is 2.44. The first-order valence-corrected chi connectivity index (χ1v) is 7.52. The first-order valence-electron chi connectivity index (χ1n) is 7.52. The van der Waals surface area contributed by atoms with E-state index in [2.05, 4.69) is 5.32 Å². The minimum atomic E-state index is -0.959. The minimum Gasteiger partial charge on any atom is -0.494 e. The van der Waals surface area contributed by atoms with Crippen molar-refractivity contribution < 1.29 is 24.2 Å². The van der Waals surface area contributed by atoms with Crippen LogP contribution in [0.2, 0.25) is 0 Å². The number of amides is 1. The number of hydrogen-bond donors (Lipinski definition) is 2. The van der Waals surface area contributed by atoms with Crippen LogP contribution in [-0.2, 0) is 14.3 Å². The number of carboxylic acids is 1. The smallest absolute Gasteiger partial charge is 0.310 e. The molecular formula is C16H19NO5. The normalized spacial score (nSPS) is 29.3. The summed E-state index contributed by atoms with van der Waals surface area (Å²) in [7, 11) is 0. The van der Waals surface area contributed by atoms with Gasteiger partial charge in [-0.05, 0) is 44.0 Å². The summed E-state index contributed by atoms with van der Waals surface area (Å²) in [6.07, 6.45) is 0.844. The van der Waals surface area contributed by atoms with Crippen molar-refractivity contribution in [2.75, 3.05) is 11.9 Å². The van der Waals surface area contributed by atoms with Crippen LogP contribution in [-0.4, -0.2) is 35.8 Å². The van der Waals surface area contributed by atoms with E-state index in [4.69, 9.17) is 9.47 Å². The lowest BCUT2D eigenvalue weighted by atomic mass is 9.78. The predicted octanol–water partition coefficient (Wildman–Crippen LogP) is 1.90. The summed E-state index contributed by atoms with van der Waals surface area (Å²) in [5.74, 6) is -1.89. The second-order valence-electron chi connectivity index (χ2n) is 5.63. The van der Waals surface area contributed by atoms with E-state index in [1.807, 2.05) is 6.92 Å². The molecule has 2 N–H and O–H groups in total. The summed E-state index contributed by atoms with van der Waals surface area (Å²) in [6, 6.07) is 7.02. The van der Waals surface area contributed by atoms with Crippen molar-refractivity contribution in [2.45, 2.75) is 32.0 Å². The van der Waals surface area contributed by atoms with Gasteiger partial charge >= 0.3 is 5.97 Å². The number of carboxylic acid groups (broad SMARTS) is 1. The molecule has 118 valence electrons. The SMILES string of the molecule is CCOc1ccc(NC(=O)[C@@H]2[C@@H](C(=O)O)[C@@H]3CC[C@H]2O3)cc1. The molecule has 6 nitrogen and oxygen atoms in total. The maximum atomic E-state index is 12.4. The van der Waals surface area contributed by atoms with Gasteiger partial charge in [0, 0.05) is 5.69 Å². The monoisotopic (exact) mass is 305 g/mol. The molecular weight excluding hydrogens is 286 g/mol. The van der Waals surface area contributed by atoms with E-state index in [1.54, 1.807) is 24.3 Å². The third-order valence-corrected chi connectivity index (χ3v) is 4.29. The van der Waals surface area contributed by atoms with Gasteiger partial charge in [-0.2, -0.15) is 0 Å². The summed E-state index contributed by atoms with van der Waals surface area (Å²) in [5, 5.41) is 12.1. The number of nitrogens with one attached hydrogen (secondary N) is 1. The molecule has 2 heterocycles. The van der Waals surface area contributed by atoms with Crippen LogP contribution in [0.25, 0.3) is 0 Å². The van der Waals surface area contributed by atoms with Crippen LogP contribution in [0.1, 0.15) is 19.8 Å². The van der Waals surface area contributed by atoms with Gasteiger partial charge in [0.05, 0.1) is 30.7 Å². The summed E-state index contributed by atoms with van der Waals surface area (Å²) >= 11 is 0. The third kappa shape index (κ3) is 2.66. The molecule has 3 rings (SSSR count). The molecule has 0 aromatic heterocycles. The van der Waals surface area contributed by atoms with Crippen LogP contribution in [0.3, 0.4) is 0 Å². The number of fused-ring (bicyclic) bond motifs is 2. The highest BCUT2D eigenvalue weighted by molar-refractivity contribution is 5.96. The predicted molar refractivity (Wildman–Crippen MR) is 78.8 cm³/mol. The lowest BCUT2D eigenvalue weighted by molar-refractivity contribution is -0.147. The first-order chi connectivity index (χ1) is 10.6. The molecule has 2 aliphatic heterocycles. The molecule has 0 radical (unpaired) electrons. The summed E-state index contributed by atoms with van der Waals surface area (Å²) in [4.78, 5) is 23.8. The highest BCUT2D eigenvalue weighted by Gasteiger charge is 2.55. The summed E-state index contributed by atoms with van der Waals surface area (Å²) in [5.41, 5.74) is 0.625. The molecule has 4 atom stereocenters. The molecule has 22 heavy (non-hydrogen) atoms. The molecule has 1 amide bonds. The Bertz CT molecular complexity index is 570. The number of hydrogen-bond acceptors (Lipinski definition) is 4. The summed E-state index contributed by atoms with van der Waals surface area (Å²) in [6.45, 7) is 2.48. The molecule has 0 aliphatic carbocycles. The fourth-order valence-electron chi connectivity index (χ4n) is 3.35. The molecule has 0 saturated carbocycles. The zero-order chi connectivity index (χ0) is 15.7. The van der Waals surface area contributed by atoms with Crippen molar-refractivity contribution in [3.05, 3.63) is 24.3 Å². The van der Waals surface area contributed by atoms with Gasteiger partial charge in [-0.25, -0.2) is 0 Å². The molecule has 0 unspecified atom stereocenters. The van der Waals surface area contributed by atoms with E-state index >= 15 is 0 Å². The van der Waals surface area contributed by atoms with Gasteiger partial charge in [0.1, 0.15) is 5.75 Å². The molecule has 2 fully saturated rings. The van der Waals surface area contributed by atoms with E-state index in [0.29, 0.717) is 18.7 Å². The van der Waals surface area contributed by atoms with Crippen LogP contribution < -0.4 is 10.1 Å². The molecule has 0 spiro atoms. The van der Waals surface area contributed by atoms with E-state index in [1.165, 1.54) is 0 Å². The topological polar surface area (TPSA) is 84.9 Å². The Kier molecular flexibility index (Phi) is 4.02. The van der Waals surface area contributed by atoms with Gasteiger partial charge < -0.3 is 19.9 Å². The minimum absolute atomic E-state index is 0.284. The number of carbonyl (C=O) groups is 2. The highest BCUT2D eigenvalue weighted by atomic mass is 16.5. The lowest BCUT2D eigenvalue weighted by Gasteiger charge is -2.23. The molecule has 2 aliphatic rings. The molecule has 2 bridgehead atoms. The summed E-state index contributed by atoms with van der Waals surface area (Å²) < 4.78 is 11.0. The third-order valence-electron chi connectivity index (χ3n) is 4.29. The molecule has 1 aromatic rings. The van der Waals surface area contributed by atoms with Gasteiger partial charge in [0.15, 0.2) is 0 Å². The van der Waals surface area contributed by atoms with Gasteiger partial charge in [-0.1, -0.05) is 0 Å². The second kappa shape index (κ2) is 5.96. The fourth-order valence-corrected chi connectivity index (χ4v) is 3.35. The van der Waals surface area contributed by atoms with Crippen LogP contribution in [0.4, 0.5) is 5.69 Å². The standard InChI is InChI=1S/C16H19NO5/c1-2-21-10-5-3-9(4-6-10)17-15(18)13-11-7-8-12(22-11)14(13)16(19)20/h3-6,11-14H,2,7-8H2,1H3,(H,17,18)(H,19,20)/t11-,12+,13+,14+/m1/s1. The van der Waals surface area contributed by atoms with Gasteiger partial charge in [0.25, 0.3) is 0 Å². The van der Waals surface area contributed by atoms with E-state index < -0.39 is 17.8 Å². The quantitative estimate of drug-likeness (QED) is 0.868. The Balaban J connectivity index is 1.69.